The van der Waals surface area contributed by atoms with Gasteiger partial charge < -0.3 is 20.1 Å². The SMILES string of the molecule is CCNc1cc(NCCOC(C)C)nc(COC)n1. The van der Waals surface area contributed by atoms with Gasteiger partial charge in [0.15, 0.2) is 5.82 Å². The maximum Gasteiger partial charge on any atom is 0.158 e. The third-order valence-corrected chi connectivity index (χ3v) is 2.26. The van der Waals surface area contributed by atoms with Crippen LogP contribution in [-0.4, -0.2) is 42.9 Å². The fourth-order valence-electron chi connectivity index (χ4n) is 1.53. The maximum atomic E-state index is 5.47. The molecule has 0 bridgehead atoms. The summed E-state index contributed by atoms with van der Waals surface area (Å²) in [6.07, 6.45) is 0.244. The van der Waals surface area contributed by atoms with Crippen molar-refractivity contribution >= 4 is 11.6 Å². The van der Waals surface area contributed by atoms with Crippen LogP contribution in [-0.2, 0) is 16.1 Å². The van der Waals surface area contributed by atoms with Gasteiger partial charge in [-0.05, 0) is 20.8 Å². The van der Waals surface area contributed by atoms with E-state index in [1.165, 1.54) is 0 Å². The molecule has 19 heavy (non-hydrogen) atoms. The van der Waals surface area contributed by atoms with Crippen LogP contribution in [0.25, 0.3) is 0 Å². The van der Waals surface area contributed by atoms with E-state index in [1.807, 2.05) is 26.8 Å². The van der Waals surface area contributed by atoms with Gasteiger partial charge in [-0.2, -0.15) is 0 Å². The van der Waals surface area contributed by atoms with E-state index in [0.717, 1.165) is 18.2 Å². The zero-order chi connectivity index (χ0) is 14.1. The summed E-state index contributed by atoms with van der Waals surface area (Å²) in [6.45, 7) is 8.65. The van der Waals surface area contributed by atoms with Gasteiger partial charge in [-0.1, -0.05) is 0 Å². The van der Waals surface area contributed by atoms with Crippen molar-refractivity contribution in [1.29, 1.82) is 0 Å². The highest BCUT2D eigenvalue weighted by atomic mass is 16.5. The standard InChI is InChI=1S/C13H24N4O2/c1-5-14-11-8-12(15-6-7-19-10(2)3)17-13(16-11)9-18-4/h8,10H,5-7,9H2,1-4H3,(H2,14,15,16,17). The number of aromatic nitrogens is 2. The Labute approximate surface area is 114 Å². The van der Waals surface area contributed by atoms with Crippen molar-refractivity contribution < 1.29 is 9.47 Å². The van der Waals surface area contributed by atoms with Crippen LogP contribution in [0.2, 0.25) is 0 Å². The molecular formula is C13H24N4O2. The van der Waals surface area contributed by atoms with Gasteiger partial charge in [0.05, 0.1) is 12.7 Å². The second-order valence-corrected chi connectivity index (χ2v) is 4.36. The molecule has 1 heterocycles. The third-order valence-electron chi connectivity index (χ3n) is 2.26. The normalized spacial score (nSPS) is 10.8. The Kier molecular flexibility index (Phi) is 7.14. The van der Waals surface area contributed by atoms with Crippen molar-refractivity contribution in [3.05, 3.63) is 11.9 Å². The van der Waals surface area contributed by atoms with E-state index in [9.17, 15) is 0 Å². The summed E-state index contributed by atoms with van der Waals surface area (Å²) in [4.78, 5) is 8.73. The van der Waals surface area contributed by atoms with Crippen molar-refractivity contribution in [2.45, 2.75) is 33.5 Å². The summed E-state index contributed by atoms with van der Waals surface area (Å²) in [5.74, 6) is 2.25. The number of hydrogen-bond acceptors (Lipinski definition) is 6. The lowest BCUT2D eigenvalue weighted by Crippen LogP contribution is -2.15. The Morgan fingerprint density at radius 2 is 1.89 bits per heavy atom. The van der Waals surface area contributed by atoms with Gasteiger partial charge in [0.2, 0.25) is 0 Å². The molecule has 1 aromatic heterocycles. The van der Waals surface area contributed by atoms with Crippen LogP contribution in [0.15, 0.2) is 6.07 Å². The molecule has 0 saturated heterocycles. The molecule has 1 aromatic rings. The first kappa shape index (κ1) is 15.7. The van der Waals surface area contributed by atoms with Crippen molar-refractivity contribution in [2.24, 2.45) is 0 Å². The number of nitrogens with one attached hydrogen (secondary N) is 2. The summed E-state index contributed by atoms with van der Waals surface area (Å²) < 4.78 is 10.5. The summed E-state index contributed by atoms with van der Waals surface area (Å²) >= 11 is 0. The van der Waals surface area contributed by atoms with Gasteiger partial charge in [0.25, 0.3) is 0 Å². The third kappa shape index (κ3) is 6.35. The van der Waals surface area contributed by atoms with Gasteiger partial charge in [-0.3, -0.25) is 0 Å². The molecule has 6 heteroatoms. The predicted molar refractivity (Wildman–Crippen MR) is 76.5 cm³/mol. The number of anilines is 2. The lowest BCUT2D eigenvalue weighted by molar-refractivity contribution is 0.0870. The molecule has 1 rings (SSSR count). The Balaban J connectivity index is 2.59. The highest BCUT2D eigenvalue weighted by Crippen LogP contribution is 2.11. The Morgan fingerprint density at radius 1 is 1.21 bits per heavy atom. The monoisotopic (exact) mass is 268 g/mol. The molecule has 108 valence electrons. The molecule has 0 amide bonds. The average molecular weight is 268 g/mol. The Bertz CT molecular complexity index is 347. The molecule has 0 fully saturated rings. The van der Waals surface area contributed by atoms with Crippen LogP contribution in [0, 0.1) is 0 Å². The fraction of sp³-hybridized carbons (Fsp3) is 0.692. The van der Waals surface area contributed by atoms with E-state index >= 15 is 0 Å². The van der Waals surface area contributed by atoms with E-state index in [0.29, 0.717) is 25.6 Å². The van der Waals surface area contributed by atoms with Crippen LogP contribution < -0.4 is 10.6 Å². The molecule has 0 aliphatic heterocycles. The number of nitrogens with zero attached hydrogens (tertiary/aromatic N) is 2. The van der Waals surface area contributed by atoms with Gasteiger partial charge in [0.1, 0.15) is 18.2 Å². The van der Waals surface area contributed by atoms with Crippen LogP contribution in [0.5, 0.6) is 0 Å². The van der Waals surface area contributed by atoms with Crippen molar-refractivity contribution in [1.82, 2.24) is 9.97 Å². The molecule has 0 radical (unpaired) electrons. The number of methoxy groups -OCH3 is 1. The molecule has 2 N–H and O–H groups in total. The van der Waals surface area contributed by atoms with Crippen molar-refractivity contribution in [3.8, 4) is 0 Å². The van der Waals surface area contributed by atoms with Gasteiger partial charge in [-0.15, -0.1) is 0 Å². The molecule has 0 spiro atoms. The van der Waals surface area contributed by atoms with Gasteiger partial charge in [0, 0.05) is 26.3 Å². The lowest BCUT2D eigenvalue weighted by atomic mass is 10.4. The molecule has 0 unspecified atom stereocenters. The number of ether oxygens (including phenoxy) is 2. The largest absolute Gasteiger partial charge is 0.377 e. The first-order valence-corrected chi connectivity index (χ1v) is 6.62. The Hall–Kier alpha value is -1.40. The topological polar surface area (TPSA) is 68.3 Å². The Morgan fingerprint density at radius 3 is 2.47 bits per heavy atom. The molecular weight excluding hydrogens is 244 g/mol. The molecule has 0 aromatic carbocycles. The van der Waals surface area contributed by atoms with Crippen LogP contribution >= 0.6 is 0 Å². The zero-order valence-electron chi connectivity index (χ0n) is 12.2. The molecule has 0 aliphatic rings. The van der Waals surface area contributed by atoms with E-state index in [2.05, 4.69) is 20.6 Å². The quantitative estimate of drug-likeness (QED) is 0.667. The lowest BCUT2D eigenvalue weighted by Gasteiger charge is -2.11. The van der Waals surface area contributed by atoms with Gasteiger partial charge in [-0.25, -0.2) is 9.97 Å². The van der Waals surface area contributed by atoms with E-state index in [-0.39, 0.29) is 6.10 Å². The first-order chi connectivity index (χ1) is 9.15. The van der Waals surface area contributed by atoms with Crippen molar-refractivity contribution in [2.75, 3.05) is 37.4 Å². The summed E-state index contributed by atoms with van der Waals surface area (Å²) in [7, 11) is 1.63. The minimum atomic E-state index is 0.244. The predicted octanol–water partition coefficient (Wildman–Crippen LogP) is 1.89. The van der Waals surface area contributed by atoms with Crippen LogP contribution in [0.4, 0.5) is 11.6 Å². The van der Waals surface area contributed by atoms with Gasteiger partial charge >= 0.3 is 0 Å². The van der Waals surface area contributed by atoms with Crippen LogP contribution in [0.1, 0.15) is 26.6 Å². The molecule has 6 nitrogen and oxygen atoms in total. The fourth-order valence-corrected chi connectivity index (χ4v) is 1.53. The average Bonchev–Trinajstić information content (AvgIpc) is 2.35. The minimum Gasteiger partial charge on any atom is -0.377 e. The second-order valence-electron chi connectivity index (χ2n) is 4.36. The zero-order valence-corrected chi connectivity index (χ0v) is 12.2. The molecule has 0 atom stereocenters. The number of rotatable bonds is 9. The van der Waals surface area contributed by atoms with Crippen LogP contribution in [0.3, 0.4) is 0 Å². The number of hydrogen-bond donors (Lipinski definition) is 2. The van der Waals surface area contributed by atoms with E-state index in [1.54, 1.807) is 7.11 Å². The highest BCUT2D eigenvalue weighted by molar-refractivity contribution is 5.47. The molecule has 0 aliphatic carbocycles. The smallest absolute Gasteiger partial charge is 0.158 e. The van der Waals surface area contributed by atoms with E-state index in [4.69, 9.17) is 9.47 Å². The summed E-state index contributed by atoms with van der Waals surface area (Å²) in [6, 6.07) is 1.89. The highest BCUT2D eigenvalue weighted by Gasteiger charge is 2.04. The first-order valence-electron chi connectivity index (χ1n) is 6.62. The summed E-state index contributed by atoms with van der Waals surface area (Å²) in [5.41, 5.74) is 0. The molecule has 0 saturated carbocycles. The maximum absolute atomic E-state index is 5.47. The summed E-state index contributed by atoms with van der Waals surface area (Å²) in [5, 5.41) is 6.40. The van der Waals surface area contributed by atoms with E-state index < -0.39 is 0 Å². The minimum absolute atomic E-state index is 0.244. The second kappa shape index (κ2) is 8.66. The van der Waals surface area contributed by atoms with Crippen molar-refractivity contribution in [3.63, 3.8) is 0 Å².